The molecule has 0 fully saturated rings. The van der Waals surface area contributed by atoms with E-state index < -0.39 is 21.2 Å². The van der Waals surface area contributed by atoms with Crippen LogP contribution < -0.4 is 0 Å². The van der Waals surface area contributed by atoms with Crippen molar-refractivity contribution >= 4 is 11.4 Å². The topological polar surface area (TPSA) is 86.3 Å². The molecule has 0 bridgehead atoms. The highest BCUT2D eigenvalue weighted by Gasteiger charge is 2.24. The second kappa shape index (κ2) is 6.16. The van der Waals surface area contributed by atoms with E-state index in [1.165, 1.54) is 17.7 Å². The summed E-state index contributed by atoms with van der Waals surface area (Å²) in [7, 11) is 0. The fourth-order valence-electron chi connectivity index (χ4n) is 2.34. The quantitative estimate of drug-likeness (QED) is 0.618. The van der Waals surface area contributed by atoms with Gasteiger partial charge in [0.05, 0.1) is 9.85 Å². The van der Waals surface area contributed by atoms with Crippen LogP contribution in [0.1, 0.15) is 37.5 Å². The Bertz CT molecular complexity index is 746. The average molecular weight is 314 g/mol. The highest BCUT2D eigenvalue weighted by molar-refractivity contribution is 5.54. The Morgan fingerprint density at radius 2 is 1.35 bits per heavy atom. The van der Waals surface area contributed by atoms with Crippen LogP contribution >= 0.6 is 0 Å². The van der Waals surface area contributed by atoms with Gasteiger partial charge in [0.2, 0.25) is 0 Å². The van der Waals surface area contributed by atoms with Crippen LogP contribution in [0.15, 0.2) is 42.5 Å². The largest absolute Gasteiger partial charge is 0.346 e. The molecule has 0 amide bonds. The van der Waals surface area contributed by atoms with E-state index in [1.807, 2.05) is 24.3 Å². The van der Waals surface area contributed by atoms with Gasteiger partial charge in [0.1, 0.15) is 0 Å². The first-order valence-electron chi connectivity index (χ1n) is 7.19. The van der Waals surface area contributed by atoms with Crippen LogP contribution in [0.2, 0.25) is 0 Å². The highest BCUT2D eigenvalue weighted by Crippen LogP contribution is 2.29. The summed E-state index contributed by atoms with van der Waals surface area (Å²) in [5, 5.41) is 21.8. The van der Waals surface area contributed by atoms with E-state index in [2.05, 4.69) is 20.8 Å². The monoisotopic (exact) mass is 314 g/mol. The number of nitro groups is 2. The van der Waals surface area contributed by atoms with Crippen LogP contribution in [-0.4, -0.2) is 9.85 Å². The fourth-order valence-corrected chi connectivity index (χ4v) is 2.34. The average Bonchev–Trinajstić information content (AvgIpc) is 2.46. The molecule has 0 saturated heterocycles. The second-order valence-corrected chi connectivity index (χ2v) is 6.46. The summed E-state index contributed by atoms with van der Waals surface area (Å²) in [5.41, 5.74) is 1.98. The minimum absolute atomic E-state index is 0.0602. The Labute approximate surface area is 134 Å². The molecule has 0 aliphatic carbocycles. The summed E-state index contributed by atoms with van der Waals surface area (Å²) in [4.78, 5) is 20.4. The van der Waals surface area contributed by atoms with Crippen LogP contribution in [0.5, 0.6) is 0 Å². The summed E-state index contributed by atoms with van der Waals surface area (Å²) in [5.74, 6) is 0. The van der Waals surface area contributed by atoms with Crippen molar-refractivity contribution in [3.8, 4) is 0 Å². The third-order valence-electron chi connectivity index (χ3n) is 3.66. The second-order valence-electron chi connectivity index (χ2n) is 6.46. The number of benzene rings is 2. The van der Waals surface area contributed by atoms with Gasteiger partial charge >= 0.3 is 11.4 Å². The zero-order valence-electron chi connectivity index (χ0n) is 13.3. The molecule has 23 heavy (non-hydrogen) atoms. The van der Waals surface area contributed by atoms with Crippen LogP contribution in [0.3, 0.4) is 0 Å². The van der Waals surface area contributed by atoms with E-state index in [0.29, 0.717) is 12.0 Å². The molecule has 2 aromatic carbocycles. The van der Waals surface area contributed by atoms with Gasteiger partial charge in [-0.25, -0.2) is 0 Å². The summed E-state index contributed by atoms with van der Waals surface area (Å²) in [6.07, 6.45) is 0.489. The Kier molecular flexibility index (Phi) is 4.45. The van der Waals surface area contributed by atoms with E-state index in [4.69, 9.17) is 0 Å². The van der Waals surface area contributed by atoms with Gasteiger partial charge in [-0.1, -0.05) is 51.1 Å². The number of nitrogens with zero attached hydrogens (tertiary/aromatic N) is 2. The van der Waals surface area contributed by atoms with E-state index in [0.717, 1.165) is 5.56 Å². The molecule has 0 aromatic heterocycles. The van der Waals surface area contributed by atoms with Crippen molar-refractivity contribution in [2.24, 2.45) is 0 Å². The third kappa shape index (κ3) is 3.91. The highest BCUT2D eigenvalue weighted by atomic mass is 16.6. The molecule has 120 valence electrons. The molecule has 0 unspecified atom stereocenters. The Balaban J connectivity index is 2.28. The molecule has 0 N–H and O–H groups in total. The van der Waals surface area contributed by atoms with Crippen molar-refractivity contribution in [1.29, 1.82) is 0 Å². The maximum atomic E-state index is 11.0. The summed E-state index contributed by atoms with van der Waals surface area (Å²) >= 11 is 0. The van der Waals surface area contributed by atoms with Crippen LogP contribution in [0.25, 0.3) is 0 Å². The number of nitro benzene ring substituents is 2. The van der Waals surface area contributed by atoms with E-state index in [-0.39, 0.29) is 5.41 Å². The fraction of sp³-hybridized carbons (Fsp3) is 0.294. The molecule has 0 aliphatic rings. The molecule has 0 heterocycles. The molecular formula is C17H18N2O4. The maximum absolute atomic E-state index is 11.0. The van der Waals surface area contributed by atoms with Crippen molar-refractivity contribution in [1.82, 2.24) is 0 Å². The summed E-state index contributed by atoms with van der Waals surface area (Å²) in [6.45, 7) is 6.38. The van der Waals surface area contributed by atoms with E-state index in [9.17, 15) is 20.2 Å². The lowest BCUT2D eigenvalue weighted by Gasteiger charge is -2.19. The zero-order chi connectivity index (χ0) is 17.2. The Morgan fingerprint density at radius 3 is 1.83 bits per heavy atom. The number of rotatable bonds is 4. The molecular weight excluding hydrogens is 296 g/mol. The molecule has 0 spiro atoms. The minimum Gasteiger partial charge on any atom is -0.258 e. The van der Waals surface area contributed by atoms with Gasteiger partial charge in [-0.3, -0.25) is 20.2 Å². The lowest BCUT2D eigenvalue weighted by atomic mass is 9.86. The van der Waals surface area contributed by atoms with Crippen LogP contribution in [-0.2, 0) is 11.8 Å². The first-order chi connectivity index (χ1) is 10.7. The smallest absolute Gasteiger partial charge is 0.258 e. The van der Waals surface area contributed by atoms with Crippen LogP contribution in [0.4, 0.5) is 11.4 Å². The standard InChI is InChI=1S/C17H18N2O4/c1-17(2,3)14-7-4-12(5-8-14)10-13-6-9-15(18(20)21)16(11-13)19(22)23/h4-9,11H,10H2,1-3H3. The minimum atomic E-state index is -0.736. The molecule has 6 heteroatoms. The van der Waals surface area contributed by atoms with Gasteiger partial charge in [0, 0.05) is 12.1 Å². The summed E-state index contributed by atoms with van der Waals surface area (Å²) in [6, 6.07) is 12.1. The van der Waals surface area contributed by atoms with Crippen molar-refractivity contribution in [2.45, 2.75) is 32.6 Å². The first-order valence-corrected chi connectivity index (χ1v) is 7.19. The normalized spacial score (nSPS) is 11.3. The Hall–Kier alpha value is -2.76. The number of hydrogen-bond acceptors (Lipinski definition) is 4. The van der Waals surface area contributed by atoms with Crippen molar-refractivity contribution in [2.75, 3.05) is 0 Å². The summed E-state index contributed by atoms with van der Waals surface area (Å²) < 4.78 is 0. The van der Waals surface area contributed by atoms with Gasteiger partial charge in [0.15, 0.2) is 0 Å². The molecule has 0 radical (unpaired) electrons. The first kappa shape index (κ1) is 16.6. The molecule has 0 aliphatic heterocycles. The number of hydrogen-bond donors (Lipinski definition) is 0. The van der Waals surface area contributed by atoms with Gasteiger partial charge < -0.3 is 0 Å². The molecule has 0 saturated carbocycles. The predicted molar refractivity (Wildman–Crippen MR) is 87.7 cm³/mol. The molecule has 2 aromatic rings. The van der Waals surface area contributed by atoms with Gasteiger partial charge in [-0.2, -0.15) is 0 Å². The van der Waals surface area contributed by atoms with E-state index in [1.54, 1.807) is 6.07 Å². The zero-order valence-corrected chi connectivity index (χ0v) is 13.3. The SMILES string of the molecule is CC(C)(C)c1ccc(Cc2ccc([N+](=O)[O-])c([N+](=O)[O-])c2)cc1. The van der Waals surface area contributed by atoms with Gasteiger partial charge in [-0.05, 0) is 28.5 Å². The molecule has 0 atom stereocenters. The predicted octanol–water partition coefficient (Wildman–Crippen LogP) is 4.39. The Morgan fingerprint density at radius 1 is 0.826 bits per heavy atom. The molecule has 6 nitrogen and oxygen atoms in total. The van der Waals surface area contributed by atoms with Crippen molar-refractivity contribution in [3.63, 3.8) is 0 Å². The van der Waals surface area contributed by atoms with Gasteiger partial charge in [-0.15, -0.1) is 0 Å². The van der Waals surface area contributed by atoms with Crippen molar-refractivity contribution < 1.29 is 9.85 Å². The lowest BCUT2D eigenvalue weighted by Crippen LogP contribution is -2.10. The van der Waals surface area contributed by atoms with E-state index >= 15 is 0 Å². The molecule has 2 rings (SSSR count). The third-order valence-corrected chi connectivity index (χ3v) is 3.66. The van der Waals surface area contributed by atoms with Crippen LogP contribution in [0, 0.1) is 20.2 Å². The lowest BCUT2D eigenvalue weighted by molar-refractivity contribution is -0.422. The van der Waals surface area contributed by atoms with Crippen molar-refractivity contribution in [3.05, 3.63) is 79.4 Å². The maximum Gasteiger partial charge on any atom is 0.346 e. The van der Waals surface area contributed by atoms with Gasteiger partial charge in [0.25, 0.3) is 0 Å².